The number of imide groups is 1. The molecule has 1 spiro atoms. The van der Waals surface area contributed by atoms with E-state index in [1.165, 1.54) is 11.5 Å². The maximum absolute atomic E-state index is 11.9. The van der Waals surface area contributed by atoms with E-state index >= 15 is 0 Å². The van der Waals surface area contributed by atoms with Crippen molar-refractivity contribution in [3.05, 3.63) is 0 Å². The number of unbranched alkanes of at least 4 members (excludes halogenated alkanes) is 2. The summed E-state index contributed by atoms with van der Waals surface area (Å²) in [5.41, 5.74) is -0.426. The number of ether oxygens (including phenoxy) is 4. The zero-order valence-corrected chi connectivity index (χ0v) is 25.0. The fourth-order valence-electron chi connectivity index (χ4n) is 3.91. The van der Waals surface area contributed by atoms with E-state index in [-0.39, 0.29) is 31.6 Å². The molecule has 0 aromatic carbocycles. The van der Waals surface area contributed by atoms with E-state index in [1.54, 1.807) is 0 Å². The molecule has 13 heteroatoms. The van der Waals surface area contributed by atoms with E-state index in [0.29, 0.717) is 50.9 Å². The number of hydroxylamine groups is 2. The van der Waals surface area contributed by atoms with Crippen molar-refractivity contribution in [1.82, 2.24) is 10.4 Å². The molecule has 39 heavy (non-hydrogen) atoms. The molecular weight excluding hydrogens is 548 g/mol. The molecule has 3 fully saturated rings. The van der Waals surface area contributed by atoms with Gasteiger partial charge in [0, 0.05) is 50.2 Å². The Morgan fingerprint density at radius 2 is 1.38 bits per heavy atom. The van der Waals surface area contributed by atoms with E-state index in [2.05, 4.69) is 26.1 Å². The largest absolute Gasteiger partial charge is 0.356 e. The van der Waals surface area contributed by atoms with Gasteiger partial charge in [0.1, 0.15) is 0 Å². The van der Waals surface area contributed by atoms with Crippen LogP contribution in [0.2, 0.25) is 0 Å². The maximum Gasteiger partial charge on any atom is 0.333 e. The van der Waals surface area contributed by atoms with Crippen LogP contribution in [0.1, 0.15) is 78.6 Å². The summed E-state index contributed by atoms with van der Waals surface area (Å²) in [4.78, 5) is 51.6. The van der Waals surface area contributed by atoms with E-state index in [4.69, 9.17) is 23.8 Å². The van der Waals surface area contributed by atoms with Gasteiger partial charge >= 0.3 is 5.97 Å². The van der Waals surface area contributed by atoms with Gasteiger partial charge in [-0.15, -0.1) is 5.06 Å². The van der Waals surface area contributed by atoms with Gasteiger partial charge in [-0.05, 0) is 6.42 Å². The second kappa shape index (κ2) is 18.9. The lowest BCUT2D eigenvalue weighted by molar-refractivity contribution is -0.304. The minimum atomic E-state index is -0.687. The lowest BCUT2D eigenvalue weighted by Crippen LogP contribution is -2.52. The van der Waals surface area contributed by atoms with Gasteiger partial charge < -0.3 is 29.1 Å². The van der Waals surface area contributed by atoms with Crippen LogP contribution >= 0.6 is 21.6 Å². The van der Waals surface area contributed by atoms with Crippen molar-refractivity contribution in [3.8, 4) is 0 Å². The number of hydrogen-bond donors (Lipinski definition) is 1. The highest BCUT2D eigenvalue weighted by atomic mass is 33.1. The number of nitrogens with zero attached hydrogens (tertiary/aromatic N) is 1. The molecule has 0 aromatic rings. The third-order valence-corrected chi connectivity index (χ3v) is 8.67. The number of amides is 3. The third-order valence-electron chi connectivity index (χ3n) is 6.11. The minimum absolute atomic E-state index is 0.00255. The topological polar surface area (TPSA) is 130 Å². The summed E-state index contributed by atoms with van der Waals surface area (Å²) < 4.78 is 23.0. The average molecular weight is 593 g/mol. The van der Waals surface area contributed by atoms with Crippen LogP contribution in [-0.2, 0) is 43.0 Å². The molecule has 3 heterocycles. The fraction of sp³-hybridized carbons (Fsp3) is 0.846. The molecule has 3 aliphatic rings. The molecule has 0 radical (unpaired) electrons. The molecule has 3 saturated heterocycles. The quantitative estimate of drug-likeness (QED) is 0.180. The van der Waals surface area contributed by atoms with E-state index in [9.17, 15) is 19.2 Å². The molecule has 11 nitrogen and oxygen atoms in total. The Balaban J connectivity index is 0.000000798. The molecular formula is C26H44N2O9S2. The average Bonchev–Trinajstić information content (AvgIpc) is 3.26. The predicted molar refractivity (Wildman–Crippen MR) is 148 cm³/mol. The molecule has 0 bridgehead atoms. The first kappa shape index (κ1) is 33.8. The molecule has 224 valence electrons. The predicted octanol–water partition coefficient (Wildman–Crippen LogP) is 3.60. The molecule has 0 atom stereocenters. The lowest BCUT2D eigenvalue weighted by atomic mass is 9.90. The highest BCUT2D eigenvalue weighted by Crippen LogP contribution is 2.32. The second-order valence-electron chi connectivity index (χ2n) is 9.60. The SMILES string of the molecule is CCCCCNC(=O)CCC1OCC2(CO1)COC(CCC(=O)ON1C(=O)CCC1=O)OC2.CCSSCC. The van der Waals surface area contributed by atoms with Gasteiger partial charge in [0.15, 0.2) is 12.6 Å². The van der Waals surface area contributed by atoms with E-state index in [0.717, 1.165) is 19.3 Å². The Kier molecular flexibility index (Phi) is 16.4. The van der Waals surface area contributed by atoms with Crippen molar-refractivity contribution in [2.75, 3.05) is 44.5 Å². The number of carbonyl (C=O) groups is 4. The number of hydrogen-bond acceptors (Lipinski definition) is 11. The first-order valence-electron chi connectivity index (χ1n) is 13.9. The zero-order chi connectivity index (χ0) is 28.5. The van der Waals surface area contributed by atoms with Crippen LogP contribution in [0.5, 0.6) is 0 Å². The number of rotatable bonds is 14. The summed E-state index contributed by atoms with van der Waals surface area (Å²) in [6.45, 7) is 8.65. The maximum atomic E-state index is 11.9. The Bertz CT molecular complexity index is 749. The normalized spacial score (nSPS) is 24.8. The van der Waals surface area contributed by atoms with Gasteiger partial charge in [0.2, 0.25) is 5.91 Å². The molecule has 0 aromatic heterocycles. The highest BCUT2D eigenvalue weighted by molar-refractivity contribution is 8.76. The Hall–Kier alpha value is -1.38. The molecule has 0 unspecified atom stereocenters. The zero-order valence-electron chi connectivity index (χ0n) is 23.4. The van der Waals surface area contributed by atoms with Gasteiger partial charge in [-0.1, -0.05) is 55.2 Å². The van der Waals surface area contributed by atoms with E-state index in [1.807, 2.05) is 21.6 Å². The van der Waals surface area contributed by atoms with Crippen LogP contribution in [0.15, 0.2) is 0 Å². The molecule has 3 amide bonds. The second-order valence-corrected chi connectivity index (χ2v) is 12.6. The summed E-state index contributed by atoms with van der Waals surface area (Å²) in [5.74, 6) is 0.763. The van der Waals surface area contributed by atoms with Crippen molar-refractivity contribution >= 4 is 45.3 Å². The first-order chi connectivity index (χ1) is 18.8. The van der Waals surface area contributed by atoms with Crippen LogP contribution < -0.4 is 5.32 Å². The van der Waals surface area contributed by atoms with Crippen LogP contribution in [0.4, 0.5) is 0 Å². The van der Waals surface area contributed by atoms with Crippen molar-refractivity contribution < 1.29 is 43.0 Å². The summed E-state index contributed by atoms with van der Waals surface area (Å²) in [5, 5.41) is 3.43. The van der Waals surface area contributed by atoms with E-state index < -0.39 is 35.8 Å². The molecule has 0 aliphatic carbocycles. The number of carbonyl (C=O) groups excluding carboxylic acids is 4. The highest BCUT2D eigenvalue weighted by Gasteiger charge is 2.42. The minimum Gasteiger partial charge on any atom is -0.356 e. The standard InChI is InChI=1S/C22H34N2O9.C4H10S2/c1-2-3-4-11-23-16(25)5-9-20-29-12-22(13-30-20)14-31-21(32-15-22)10-8-19(28)33-24-17(26)6-7-18(24)27;1-3-5-6-4-2/h20-21H,2-15H2,1H3,(H,23,25);3-4H2,1-2H3. The summed E-state index contributed by atoms with van der Waals surface area (Å²) in [6, 6.07) is 0. The molecule has 3 rings (SSSR count). The van der Waals surface area contributed by atoms with Gasteiger partial charge in [-0.25, -0.2) is 4.79 Å². The van der Waals surface area contributed by atoms with Crippen LogP contribution in [-0.4, -0.2) is 85.8 Å². The third kappa shape index (κ3) is 12.8. The van der Waals surface area contributed by atoms with Gasteiger partial charge in [0.25, 0.3) is 11.8 Å². The Labute approximate surface area is 239 Å². The van der Waals surface area contributed by atoms with Crippen molar-refractivity contribution in [2.45, 2.75) is 91.1 Å². The van der Waals surface area contributed by atoms with Crippen LogP contribution in [0, 0.1) is 5.41 Å². The van der Waals surface area contributed by atoms with Crippen molar-refractivity contribution in [1.29, 1.82) is 0 Å². The summed E-state index contributed by atoms with van der Waals surface area (Å²) >= 11 is 0. The first-order valence-corrected chi connectivity index (χ1v) is 16.3. The van der Waals surface area contributed by atoms with Crippen LogP contribution in [0.25, 0.3) is 0 Å². The smallest absolute Gasteiger partial charge is 0.333 e. The van der Waals surface area contributed by atoms with Crippen LogP contribution in [0.3, 0.4) is 0 Å². The summed E-state index contributed by atoms with van der Waals surface area (Å²) in [6.07, 6.45) is 3.32. The van der Waals surface area contributed by atoms with Gasteiger partial charge in [0.05, 0.1) is 38.3 Å². The monoisotopic (exact) mass is 592 g/mol. The van der Waals surface area contributed by atoms with Crippen molar-refractivity contribution in [2.24, 2.45) is 5.41 Å². The van der Waals surface area contributed by atoms with Gasteiger partial charge in [-0.3, -0.25) is 14.4 Å². The summed E-state index contributed by atoms with van der Waals surface area (Å²) in [7, 11) is 3.85. The lowest BCUT2D eigenvalue weighted by Gasteiger charge is -2.43. The Morgan fingerprint density at radius 3 is 1.87 bits per heavy atom. The number of nitrogens with one attached hydrogen (secondary N) is 1. The molecule has 3 aliphatic heterocycles. The van der Waals surface area contributed by atoms with Gasteiger partial charge in [-0.2, -0.15) is 0 Å². The van der Waals surface area contributed by atoms with Crippen molar-refractivity contribution in [3.63, 3.8) is 0 Å². The fourth-order valence-corrected chi connectivity index (χ4v) is 5.24. The molecule has 0 saturated carbocycles. The Morgan fingerprint density at radius 1 is 0.872 bits per heavy atom. The molecule has 1 N–H and O–H groups in total.